The lowest BCUT2D eigenvalue weighted by Crippen LogP contribution is -2.16. The normalized spacial score (nSPS) is 11.8. The first-order valence-corrected chi connectivity index (χ1v) is 8.40. The summed E-state index contributed by atoms with van der Waals surface area (Å²) in [7, 11) is 0. The molecule has 3 nitrogen and oxygen atoms in total. The summed E-state index contributed by atoms with van der Waals surface area (Å²) in [6.45, 7) is 4.34. The molecular weight excluding hydrogens is 351 g/mol. The van der Waals surface area contributed by atoms with E-state index in [0.29, 0.717) is 27.0 Å². The zero-order valence-electron chi connectivity index (χ0n) is 12.0. The van der Waals surface area contributed by atoms with Crippen LogP contribution in [0.1, 0.15) is 10.4 Å². The number of benzene rings is 2. The van der Waals surface area contributed by atoms with Gasteiger partial charge in [0.15, 0.2) is 4.80 Å². The molecule has 0 aliphatic carbocycles. The number of carbonyl (C=O) groups excluding carboxylic acids is 1. The van der Waals surface area contributed by atoms with Crippen molar-refractivity contribution in [2.75, 3.05) is 0 Å². The quantitative estimate of drug-likeness (QED) is 0.607. The average molecular weight is 363 g/mol. The molecule has 3 rings (SSSR count). The molecule has 6 heteroatoms. The van der Waals surface area contributed by atoms with Crippen LogP contribution >= 0.6 is 34.5 Å². The van der Waals surface area contributed by atoms with Gasteiger partial charge in [-0.1, -0.05) is 52.7 Å². The van der Waals surface area contributed by atoms with Gasteiger partial charge in [0.2, 0.25) is 0 Å². The summed E-state index contributed by atoms with van der Waals surface area (Å²) in [4.78, 5) is 17.3. The van der Waals surface area contributed by atoms with Crippen LogP contribution in [0.25, 0.3) is 10.2 Å². The van der Waals surface area contributed by atoms with Crippen LogP contribution in [0, 0.1) is 0 Å². The smallest absolute Gasteiger partial charge is 0.279 e. The highest BCUT2D eigenvalue weighted by atomic mass is 35.5. The fourth-order valence-electron chi connectivity index (χ4n) is 2.24. The Kier molecular flexibility index (Phi) is 4.66. The summed E-state index contributed by atoms with van der Waals surface area (Å²) in [6.07, 6.45) is 1.78. The molecule has 0 atom stereocenters. The summed E-state index contributed by atoms with van der Waals surface area (Å²) in [5, 5.41) is 0.817. The van der Waals surface area contributed by atoms with E-state index in [1.165, 1.54) is 11.3 Å². The van der Waals surface area contributed by atoms with E-state index in [0.717, 1.165) is 10.2 Å². The average Bonchev–Trinajstić information content (AvgIpc) is 2.84. The van der Waals surface area contributed by atoms with Crippen molar-refractivity contribution in [1.29, 1.82) is 0 Å². The number of halogens is 2. The van der Waals surface area contributed by atoms with Crippen molar-refractivity contribution in [2.45, 2.75) is 6.54 Å². The van der Waals surface area contributed by atoms with E-state index in [-0.39, 0.29) is 5.91 Å². The molecule has 0 spiro atoms. The molecule has 1 heterocycles. The van der Waals surface area contributed by atoms with E-state index >= 15 is 0 Å². The zero-order chi connectivity index (χ0) is 16.4. The second-order valence-corrected chi connectivity index (χ2v) is 6.71. The maximum atomic E-state index is 12.4. The Morgan fingerprint density at radius 3 is 2.61 bits per heavy atom. The van der Waals surface area contributed by atoms with E-state index < -0.39 is 0 Å². The number of aromatic nitrogens is 1. The number of fused-ring (bicyclic) bond motifs is 1. The van der Waals surface area contributed by atoms with Gasteiger partial charge in [0.25, 0.3) is 5.91 Å². The van der Waals surface area contributed by atoms with Crippen molar-refractivity contribution in [3.8, 4) is 0 Å². The van der Waals surface area contributed by atoms with Crippen molar-refractivity contribution >= 4 is 50.7 Å². The Bertz CT molecular complexity index is 952. The van der Waals surface area contributed by atoms with Gasteiger partial charge in [0.05, 0.1) is 10.2 Å². The van der Waals surface area contributed by atoms with E-state index in [2.05, 4.69) is 11.6 Å². The third-order valence-corrected chi connectivity index (χ3v) is 4.70. The molecule has 0 fully saturated rings. The lowest BCUT2D eigenvalue weighted by Gasteiger charge is -2.01. The second-order valence-electron chi connectivity index (χ2n) is 4.83. The lowest BCUT2D eigenvalue weighted by molar-refractivity contribution is 0.0998. The Morgan fingerprint density at radius 1 is 1.22 bits per heavy atom. The summed E-state index contributed by atoms with van der Waals surface area (Å²) in [5.41, 5.74) is 1.39. The standard InChI is InChI=1S/C17H12Cl2N2OS/c1-2-7-21-14-5-3-4-6-15(14)23-17(21)20-16(22)11-8-12(18)10-13(19)9-11/h2-6,8-10H,1,7H2. The molecule has 0 saturated carbocycles. The third-order valence-electron chi connectivity index (χ3n) is 3.21. The van der Waals surface area contributed by atoms with Crippen LogP contribution in [0.2, 0.25) is 10.0 Å². The highest BCUT2D eigenvalue weighted by molar-refractivity contribution is 7.16. The number of amides is 1. The molecule has 0 aliphatic rings. The van der Waals surface area contributed by atoms with Crippen LogP contribution in [-0.4, -0.2) is 10.5 Å². The van der Waals surface area contributed by atoms with Gasteiger partial charge in [-0.25, -0.2) is 0 Å². The zero-order valence-corrected chi connectivity index (χ0v) is 14.3. The fraction of sp³-hybridized carbons (Fsp3) is 0.0588. The summed E-state index contributed by atoms with van der Waals surface area (Å²) in [5.74, 6) is -0.376. The first-order chi connectivity index (χ1) is 11.1. The molecule has 0 radical (unpaired) electrons. The van der Waals surface area contributed by atoms with Gasteiger partial charge in [-0.15, -0.1) is 6.58 Å². The molecule has 3 aromatic rings. The minimum absolute atomic E-state index is 0.366. The van der Waals surface area contributed by atoms with Crippen LogP contribution in [0.3, 0.4) is 0 Å². The van der Waals surface area contributed by atoms with Crippen LogP contribution in [0.5, 0.6) is 0 Å². The van der Waals surface area contributed by atoms with Crippen molar-refractivity contribution in [2.24, 2.45) is 4.99 Å². The van der Waals surface area contributed by atoms with Gasteiger partial charge < -0.3 is 4.57 Å². The van der Waals surface area contributed by atoms with Gasteiger partial charge in [0, 0.05) is 22.2 Å². The third kappa shape index (κ3) is 3.39. The maximum Gasteiger partial charge on any atom is 0.279 e. The Morgan fingerprint density at radius 2 is 1.91 bits per heavy atom. The molecule has 0 unspecified atom stereocenters. The molecule has 116 valence electrons. The van der Waals surface area contributed by atoms with E-state index in [9.17, 15) is 4.79 Å². The van der Waals surface area contributed by atoms with Crippen molar-refractivity contribution in [3.05, 3.63) is 75.5 Å². The molecule has 0 N–H and O–H groups in total. The number of nitrogens with zero attached hydrogens (tertiary/aromatic N) is 2. The largest absolute Gasteiger partial charge is 0.312 e. The summed E-state index contributed by atoms with van der Waals surface area (Å²) >= 11 is 13.4. The minimum Gasteiger partial charge on any atom is -0.312 e. The van der Waals surface area contributed by atoms with Crippen molar-refractivity contribution in [1.82, 2.24) is 4.57 Å². The van der Waals surface area contributed by atoms with Crippen LogP contribution < -0.4 is 4.80 Å². The van der Waals surface area contributed by atoms with Crippen LogP contribution in [0.4, 0.5) is 0 Å². The van der Waals surface area contributed by atoms with Crippen LogP contribution in [-0.2, 0) is 6.54 Å². The first kappa shape index (κ1) is 16.0. The Balaban J connectivity index is 2.14. The SMILES string of the molecule is C=CCn1c(=NC(=O)c2cc(Cl)cc(Cl)c2)sc2ccccc21. The molecule has 2 aromatic carbocycles. The van der Waals surface area contributed by atoms with E-state index in [4.69, 9.17) is 23.2 Å². The number of thiazole rings is 1. The first-order valence-electron chi connectivity index (χ1n) is 6.83. The molecular formula is C17H12Cl2N2OS. The lowest BCUT2D eigenvalue weighted by atomic mass is 10.2. The van der Waals surface area contributed by atoms with Crippen LogP contribution in [0.15, 0.2) is 60.1 Å². The molecule has 0 bridgehead atoms. The Labute approximate surface area is 147 Å². The molecule has 1 aromatic heterocycles. The fourth-order valence-corrected chi connectivity index (χ4v) is 3.80. The van der Waals surface area contributed by atoms with Gasteiger partial charge in [0.1, 0.15) is 0 Å². The van der Waals surface area contributed by atoms with Gasteiger partial charge in [-0.2, -0.15) is 4.99 Å². The highest BCUT2D eigenvalue weighted by Crippen LogP contribution is 2.20. The number of hydrogen-bond acceptors (Lipinski definition) is 2. The number of allylic oxidation sites excluding steroid dienone is 1. The monoisotopic (exact) mass is 362 g/mol. The van der Waals surface area contributed by atoms with Gasteiger partial charge in [-0.05, 0) is 30.3 Å². The Hall–Kier alpha value is -1.88. The summed E-state index contributed by atoms with van der Waals surface area (Å²) in [6, 6.07) is 12.6. The van der Waals surface area contributed by atoms with Gasteiger partial charge in [-0.3, -0.25) is 4.79 Å². The number of para-hydroxylation sites is 1. The molecule has 1 amide bonds. The maximum absolute atomic E-state index is 12.4. The topological polar surface area (TPSA) is 34.4 Å². The molecule has 23 heavy (non-hydrogen) atoms. The van der Waals surface area contributed by atoms with Crippen molar-refractivity contribution < 1.29 is 4.79 Å². The second kappa shape index (κ2) is 6.71. The molecule has 0 aliphatic heterocycles. The summed E-state index contributed by atoms with van der Waals surface area (Å²) < 4.78 is 3.02. The number of carbonyl (C=O) groups is 1. The van der Waals surface area contributed by atoms with E-state index in [1.54, 1.807) is 24.3 Å². The van der Waals surface area contributed by atoms with Crippen molar-refractivity contribution in [3.63, 3.8) is 0 Å². The van der Waals surface area contributed by atoms with Gasteiger partial charge >= 0.3 is 0 Å². The highest BCUT2D eigenvalue weighted by Gasteiger charge is 2.09. The number of hydrogen-bond donors (Lipinski definition) is 0. The minimum atomic E-state index is -0.376. The number of rotatable bonds is 3. The predicted molar refractivity (Wildman–Crippen MR) is 96.4 cm³/mol. The molecule has 0 saturated heterocycles. The predicted octanol–water partition coefficient (Wildman–Crippen LogP) is 4.94. The van der Waals surface area contributed by atoms with E-state index in [1.807, 2.05) is 28.8 Å².